The maximum absolute atomic E-state index is 6.13. The molecule has 1 fully saturated rings. The van der Waals surface area contributed by atoms with Crippen LogP contribution in [0.4, 0.5) is 5.69 Å². The fourth-order valence-corrected chi connectivity index (χ4v) is 3.78. The fourth-order valence-electron chi connectivity index (χ4n) is 3.05. The fraction of sp³-hybridized carbons (Fsp3) is 0.625. The zero-order chi connectivity index (χ0) is 15.1. The summed E-state index contributed by atoms with van der Waals surface area (Å²) in [6.45, 7) is 12.4. The molecule has 4 heteroatoms. The third kappa shape index (κ3) is 3.54. The lowest BCUT2D eigenvalue weighted by Crippen LogP contribution is -2.57. The van der Waals surface area contributed by atoms with E-state index < -0.39 is 0 Å². The number of nitrogens with two attached hydrogens (primary N) is 1. The molecule has 0 amide bonds. The van der Waals surface area contributed by atoms with Gasteiger partial charge >= 0.3 is 0 Å². The molecule has 1 aromatic rings. The highest BCUT2D eigenvalue weighted by Gasteiger charge is 2.38. The van der Waals surface area contributed by atoms with Crippen LogP contribution >= 0.6 is 15.9 Å². The molecule has 1 atom stereocenters. The first-order valence-corrected chi connectivity index (χ1v) is 7.89. The second-order valence-electron chi connectivity index (χ2n) is 6.97. The Labute approximate surface area is 130 Å². The van der Waals surface area contributed by atoms with Gasteiger partial charge in [-0.3, -0.25) is 0 Å². The Balaban J connectivity index is 2.29. The highest BCUT2D eigenvalue weighted by Crippen LogP contribution is 2.34. The van der Waals surface area contributed by atoms with Gasteiger partial charge in [0, 0.05) is 29.3 Å². The lowest BCUT2D eigenvalue weighted by atomic mass is 9.98. The third-order valence-corrected chi connectivity index (χ3v) is 4.22. The molecule has 1 saturated heterocycles. The smallest absolute Gasteiger partial charge is 0.0808 e. The molecule has 1 aliphatic heterocycles. The Hall–Kier alpha value is -0.580. The highest BCUT2D eigenvalue weighted by atomic mass is 79.9. The van der Waals surface area contributed by atoms with Crippen molar-refractivity contribution in [3.63, 3.8) is 0 Å². The predicted octanol–water partition coefficient (Wildman–Crippen LogP) is 3.86. The van der Waals surface area contributed by atoms with Crippen LogP contribution in [0.1, 0.15) is 46.2 Å². The van der Waals surface area contributed by atoms with Crippen LogP contribution in [-0.2, 0) is 4.74 Å². The second-order valence-corrected chi connectivity index (χ2v) is 7.83. The molecule has 112 valence electrons. The summed E-state index contributed by atoms with van der Waals surface area (Å²) in [7, 11) is 0. The van der Waals surface area contributed by atoms with Crippen LogP contribution in [0.3, 0.4) is 0 Å². The minimum atomic E-state index is -0.145. The van der Waals surface area contributed by atoms with Gasteiger partial charge in [-0.25, -0.2) is 0 Å². The van der Waals surface area contributed by atoms with Crippen molar-refractivity contribution in [3.8, 4) is 0 Å². The molecule has 1 aromatic carbocycles. The van der Waals surface area contributed by atoms with Crippen molar-refractivity contribution >= 4 is 21.6 Å². The Bertz CT molecular complexity index is 481. The van der Waals surface area contributed by atoms with E-state index in [9.17, 15) is 0 Å². The van der Waals surface area contributed by atoms with Crippen molar-refractivity contribution in [2.75, 3.05) is 18.0 Å². The average Bonchev–Trinajstić information content (AvgIpc) is 2.23. The first-order valence-electron chi connectivity index (χ1n) is 7.10. The van der Waals surface area contributed by atoms with Crippen molar-refractivity contribution < 1.29 is 4.74 Å². The van der Waals surface area contributed by atoms with E-state index in [4.69, 9.17) is 10.5 Å². The van der Waals surface area contributed by atoms with Crippen LogP contribution in [-0.4, -0.2) is 24.3 Å². The Morgan fingerprint density at radius 3 is 2.20 bits per heavy atom. The number of benzene rings is 1. The number of hydrogen-bond donors (Lipinski definition) is 1. The molecule has 3 nitrogen and oxygen atoms in total. The Kier molecular flexibility index (Phi) is 4.20. The summed E-state index contributed by atoms with van der Waals surface area (Å²) in [5.74, 6) is 0. The number of anilines is 1. The van der Waals surface area contributed by atoms with Crippen LogP contribution in [0.2, 0.25) is 0 Å². The summed E-state index contributed by atoms with van der Waals surface area (Å²) in [5.41, 5.74) is 8.03. The number of nitrogens with zero attached hydrogens (tertiary/aromatic N) is 1. The monoisotopic (exact) mass is 340 g/mol. The number of hydrogen-bond acceptors (Lipinski definition) is 3. The van der Waals surface area contributed by atoms with Gasteiger partial charge in [-0.15, -0.1) is 0 Å². The van der Waals surface area contributed by atoms with Gasteiger partial charge in [-0.2, -0.15) is 0 Å². The molecule has 0 bridgehead atoms. The SMILES string of the molecule is C[C@H](N)c1ccc(N2CC(C)(C)OC(C)(C)C2)cc1Br. The topological polar surface area (TPSA) is 38.5 Å². The molecule has 0 spiro atoms. The molecular formula is C16H25BrN2O. The zero-order valence-corrected chi connectivity index (χ0v) is 14.6. The zero-order valence-electron chi connectivity index (χ0n) is 13.0. The van der Waals surface area contributed by atoms with Gasteiger partial charge in [-0.1, -0.05) is 22.0 Å². The molecule has 0 radical (unpaired) electrons. The van der Waals surface area contributed by atoms with E-state index in [1.807, 2.05) is 6.92 Å². The standard InChI is InChI=1S/C16H25BrN2O/c1-11(18)13-7-6-12(8-14(13)17)19-9-15(2,3)20-16(4,5)10-19/h6-8,11H,9-10,18H2,1-5H3/t11-/m0/s1. The quantitative estimate of drug-likeness (QED) is 0.888. The number of rotatable bonds is 2. The number of morpholine rings is 1. The van der Waals surface area contributed by atoms with Crippen LogP contribution < -0.4 is 10.6 Å². The van der Waals surface area contributed by atoms with Crippen molar-refractivity contribution in [2.45, 2.75) is 51.9 Å². The van der Waals surface area contributed by atoms with Crippen LogP contribution in [0, 0.1) is 0 Å². The average molecular weight is 341 g/mol. The van der Waals surface area contributed by atoms with Gasteiger partial charge in [-0.05, 0) is 52.3 Å². The lowest BCUT2D eigenvalue weighted by Gasteiger charge is -2.48. The number of ether oxygens (including phenoxy) is 1. The van der Waals surface area contributed by atoms with Gasteiger partial charge in [0.15, 0.2) is 0 Å². The molecule has 0 unspecified atom stereocenters. The van der Waals surface area contributed by atoms with Crippen LogP contribution in [0.15, 0.2) is 22.7 Å². The number of halogens is 1. The van der Waals surface area contributed by atoms with E-state index in [0.717, 1.165) is 23.1 Å². The summed E-state index contributed by atoms with van der Waals surface area (Å²) in [6, 6.07) is 6.47. The molecule has 1 aliphatic rings. The molecule has 1 heterocycles. The summed E-state index contributed by atoms with van der Waals surface area (Å²) < 4.78 is 7.21. The normalized spacial score (nSPS) is 22.6. The van der Waals surface area contributed by atoms with Crippen LogP contribution in [0.25, 0.3) is 0 Å². The largest absolute Gasteiger partial charge is 0.366 e. The summed E-state index contributed by atoms with van der Waals surface area (Å²) >= 11 is 3.63. The van der Waals surface area contributed by atoms with Gasteiger partial charge in [0.05, 0.1) is 11.2 Å². The Morgan fingerprint density at radius 2 is 1.75 bits per heavy atom. The minimum Gasteiger partial charge on any atom is -0.366 e. The summed E-state index contributed by atoms with van der Waals surface area (Å²) in [5, 5.41) is 0. The van der Waals surface area contributed by atoms with Gasteiger partial charge in [0.2, 0.25) is 0 Å². The van der Waals surface area contributed by atoms with Crippen LogP contribution in [0.5, 0.6) is 0 Å². The Morgan fingerprint density at radius 1 is 1.20 bits per heavy atom. The van der Waals surface area contributed by atoms with Gasteiger partial charge in [0.1, 0.15) is 0 Å². The van der Waals surface area contributed by atoms with Crippen molar-refractivity contribution in [2.24, 2.45) is 5.73 Å². The van der Waals surface area contributed by atoms with Crippen molar-refractivity contribution in [3.05, 3.63) is 28.2 Å². The van der Waals surface area contributed by atoms with Crippen molar-refractivity contribution in [1.29, 1.82) is 0 Å². The predicted molar refractivity (Wildman–Crippen MR) is 88.2 cm³/mol. The molecule has 20 heavy (non-hydrogen) atoms. The van der Waals surface area contributed by atoms with Gasteiger partial charge < -0.3 is 15.4 Å². The van der Waals surface area contributed by atoms with E-state index in [0.29, 0.717) is 0 Å². The van der Waals surface area contributed by atoms with E-state index in [2.05, 4.69) is 66.7 Å². The molecule has 0 saturated carbocycles. The molecule has 0 aliphatic carbocycles. The first-order chi connectivity index (χ1) is 9.10. The van der Waals surface area contributed by atoms with Gasteiger partial charge in [0.25, 0.3) is 0 Å². The van der Waals surface area contributed by atoms with E-state index in [1.165, 1.54) is 5.69 Å². The van der Waals surface area contributed by atoms with E-state index in [1.54, 1.807) is 0 Å². The molecule has 0 aromatic heterocycles. The maximum atomic E-state index is 6.13. The summed E-state index contributed by atoms with van der Waals surface area (Å²) in [6.07, 6.45) is 0. The lowest BCUT2D eigenvalue weighted by molar-refractivity contribution is -0.133. The highest BCUT2D eigenvalue weighted by molar-refractivity contribution is 9.10. The molecule has 2 N–H and O–H groups in total. The van der Waals surface area contributed by atoms with E-state index in [-0.39, 0.29) is 17.2 Å². The molecular weight excluding hydrogens is 316 g/mol. The first kappa shape index (κ1) is 15.8. The third-order valence-electron chi connectivity index (χ3n) is 3.54. The van der Waals surface area contributed by atoms with Crippen molar-refractivity contribution in [1.82, 2.24) is 0 Å². The molecule has 2 rings (SSSR count). The summed E-state index contributed by atoms with van der Waals surface area (Å²) in [4.78, 5) is 2.39. The van der Waals surface area contributed by atoms with E-state index >= 15 is 0 Å². The maximum Gasteiger partial charge on any atom is 0.0808 e. The minimum absolute atomic E-state index is 0.0380. The second kappa shape index (κ2) is 5.32.